The summed E-state index contributed by atoms with van der Waals surface area (Å²) in [5.74, 6) is 2.91. The predicted octanol–water partition coefficient (Wildman–Crippen LogP) is 2.47. The van der Waals surface area contributed by atoms with Crippen LogP contribution in [0.15, 0.2) is 29.2 Å². The van der Waals surface area contributed by atoms with E-state index in [0.29, 0.717) is 16.7 Å². The van der Waals surface area contributed by atoms with Crippen LogP contribution in [-0.2, 0) is 14.8 Å². The van der Waals surface area contributed by atoms with Crippen LogP contribution in [0.2, 0.25) is 0 Å². The quantitative estimate of drug-likeness (QED) is 0.816. The first kappa shape index (κ1) is 15.8. The Morgan fingerprint density at radius 2 is 1.71 bits per heavy atom. The maximum absolute atomic E-state index is 12.5. The fourth-order valence-electron chi connectivity index (χ4n) is 2.03. The van der Waals surface area contributed by atoms with Gasteiger partial charge in [0.05, 0.1) is 28.5 Å². The minimum absolute atomic E-state index is 0.135. The van der Waals surface area contributed by atoms with Gasteiger partial charge in [0.25, 0.3) is 0 Å². The Bertz CT molecular complexity index is 567. The number of rotatable bonds is 3. The predicted molar refractivity (Wildman–Crippen MR) is 91.0 cm³/mol. The molecule has 0 N–H and O–H groups in total. The fraction of sp³-hybridized carbons (Fsp3) is 0.500. The van der Waals surface area contributed by atoms with Crippen LogP contribution in [0.3, 0.4) is 0 Å². The van der Waals surface area contributed by atoms with Crippen molar-refractivity contribution < 1.29 is 13.2 Å². The molecule has 0 bridgehead atoms. The first-order chi connectivity index (χ1) is 10.2. The van der Waals surface area contributed by atoms with E-state index in [1.807, 2.05) is 35.7 Å². The molecule has 5 nitrogen and oxygen atoms in total. The lowest BCUT2D eigenvalue weighted by Gasteiger charge is -2.28. The van der Waals surface area contributed by atoms with Gasteiger partial charge in [-0.05, 0) is 24.3 Å². The van der Waals surface area contributed by atoms with Gasteiger partial charge in [-0.1, -0.05) is 0 Å². The van der Waals surface area contributed by atoms with E-state index in [-0.39, 0.29) is 6.73 Å². The van der Waals surface area contributed by atoms with Crippen molar-refractivity contribution in [3.63, 3.8) is 0 Å². The number of nitrogens with zero attached hydrogens (tertiary/aromatic N) is 2. The summed E-state index contributed by atoms with van der Waals surface area (Å²) in [5.41, 5.74) is 1.07. The van der Waals surface area contributed by atoms with Gasteiger partial charge < -0.3 is 9.64 Å². The lowest BCUT2D eigenvalue weighted by Crippen LogP contribution is -2.36. The number of sulfonamides is 1. The summed E-state index contributed by atoms with van der Waals surface area (Å²) in [6.45, 7) is 0.135. The summed E-state index contributed by atoms with van der Waals surface area (Å²) < 4.78 is 31.5. The van der Waals surface area contributed by atoms with E-state index in [4.69, 9.17) is 4.74 Å². The number of thioether (sulfide) groups is 3. The largest absolute Gasteiger partial charge is 0.354 e. The van der Waals surface area contributed by atoms with Gasteiger partial charge in [0, 0.05) is 10.8 Å². The zero-order valence-electron chi connectivity index (χ0n) is 11.3. The average molecular weight is 365 g/mol. The van der Waals surface area contributed by atoms with Crippen molar-refractivity contribution in [3.05, 3.63) is 24.3 Å². The highest BCUT2D eigenvalue weighted by molar-refractivity contribution is 8.16. The van der Waals surface area contributed by atoms with Gasteiger partial charge in [-0.25, -0.2) is 8.42 Å². The van der Waals surface area contributed by atoms with Gasteiger partial charge in [-0.2, -0.15) is 4.31 Å². The first-order valence-electron chi connectivity index (χ1n) is 6.34. The van der Waals surface area contributed by atoms with Crippen LogP contribution in [0.5, 0.6) is 0 Å². The lowest BCUT2D eigenvalue weighted by molar-refractivity contribution is 0.104. The third kappa shape index (κ3) is 3.65. The lowest BCUT2D eigenvalue weighted by atomic mass is 10.3. The van der Waals surface area contributed by atoms with E-state index in [0.717, 1.165) is 22.5 Å². The summed E-state index contributed by atoms with van der Waals surface area (Å²) in [6, 6.07) is 7.15. The van der Waals surface area contributed by atoms with Crippen molar-refractivity contribution in [1.82, 2.24) is 4.31 Å². The number of hydrogen-bond acceptors (Lipinski definition) is 7. The molecule has 0 aliphatic carbocycles. The zero-order valence-corrected chi connectivity index (χ0v) is 14.6. The Kier molecular flexibility index (Phi) is 5.28. The molecule has 9 heteroatoms. The fourth-order valence-corrected chi connectivity index (χ4v) is 6.45. The van der Waals surface area contributed by atoms with E-state index < -0.39 is 10.0 Å². The minimum atomic E-state index is -3.45. The van der Waals surface area contributed by atoms with E-state index in [1.54, 1.807) is 12.1 Å². The molecular weight excluding hydrogens is 348 g/mol. The van der Waals surface area contributed by atoms with Crippen LogP contribution in [0.25, 0.3) is 0 Å². The van der Waals surface area contributed by atoms with Crippen molar-refractivity contribution in [2.45, 2.75) is 4.90 Å². The van der Waals surface area contributed by atoms with Crippen LogP contribution in [0.4, 0.5) is 5.69 Å². The molecular formula is C12H16N2O3S4. The molecule has 0 atom stereocenters. The molecule has 1 aromatic rings. The maximum atomic E-state index is 12.5. The third-order valence-electron chi connectivity index (χ3n) is 3.14. The maximum Gasteiger partial charge on any atom is 0.245 e. The number of hydrogen-bond donors (Lipinski definition) is 0. The van der Waals surface area contributed by atoms with Crippen LogP contribution >= 0.6 is 35.3 Å². The average Bonchev–Trinajstić information content (AvgIpc) is 2.57. The molecule has 2 saturated heterocycles. The summed E-state index contributed by atoms with van der Waals surface area (Å²) >= 11 is 5.21. The van der Waals surface area contributed by atoms with Gasteiger partial charge in [0.1, 0.15) is 6.73 Å². The Morgan fingerprint density at radius 3 is 2.33 bits per heavy atom. The monoisotopic (exact) mass is 364 g/mol. The van der Waals surface area contributed by atoms with Crippen molar-refractivity contribution in [2.75, 3.05) is 40.3 Å². The molecule has 2 aliphatic rings. The first-order valence-corrected chi connectivity index (χ1v) is 11.2. The van der Waals surface area contributed by atoms with Crippen LogP contribution in [0, 0.1) is 0 Å². The highest BCUT2D eigenvalue weighted by Gasteiger charge is 2.26. The summed E-state index contributed by atoms with van der Waals surface area (Å²) in [7, 11) is -3.45. The third-order valence-corrected chi connectivity index (χ3v) is 8.23. The van der Waals surface area contributed by atoms with Crippen LogP contribution < -0.4 is 4.90 Å². The second kappa shape index (κ2) is 7.01. The number of anilines is 1. The van der Waals surface area contributed by atoms with Crippen LogP contribution in [0.1, 0.15) is 0 Å². The molecule has 116 valence electrons. The Balaban J connectivity index is 1.76. The number of ether oxygens (including phenoxy) is 1. The summed E-state index contributed by atoms with van der Waals surface area (Å²) in [6.07, 6.45) is 0. The Morgan fingerprint density at radius 1 is 1.00 bits per heavy atom. The Labute approximate surface area is 137 Å². The van der Waals surface area contributed by atoms with E-state index in [2.05, 4.69) is 4.90 Å². The van der Waals surface area contributed by atoms with E-state index >= 15 is 0 Å². The zero-order chi connectivity index (χ0) is 14.7. The number of benzene rings is 1. The molecule has 2 heterocycles. The van der Waals surface area contributed by atoms with Crippen molar-refractivity contribution in [2.24, 2.45) is 0 Å². The molecule has 0 spiro atoms. The molecule has 0 amide bonds. The molecule has 0 radical (unpaired) electrons. The SMILES string of the molecule is O=S(=O)(c1ccc(N2CSCSC2)cc1)N1COCSC1. The molecule has 0 aromatic heterocycles. The smallest absolute Gasteiger partial charge is 0.245 e. The van der Waals surface area contributed by atoms with Gasteiger partial charge in [-0.15, -0.1) is 35.3 Å². The van der Waals surface area contributed by atoms with Crippen molar-refractivity contribution in [3.8, 4) is 0 Å². The summed E-state index contributed by atoms with van der Waals surface area (Å²) in [5, 5.41) is 1.12. The highest BCUT2D eigenvalue weighted by atomic mass is 32.2. The minimum Gasteiger partial charge on any atom is -0.354 e. The molecule has 0 saturated carbocycles. The van der Waals surface area contributed by atoms with E-state index in [9.17, 15) is 8.42 Å². The Hall–Kier alpha value is -0.0600. The van der Waals surface area contributed by atoms with Gasteiger partial charge >= 0.3 is 0 Å². The standard InChI is InChI=1S/C12H16N2O3S4/c15-21(16,14-5-17-9-18-8-14)12-3-1-11(2-4-12)13-6-19-10-20-7-13/h1-4H,5-10H2. The van der Waals surface area contributed by atoms with Crippen molar-refractivity contribution in [1.29, 1.82) is 0 Å². The molecule has 2 fully saturated rings. The molecule has 1 aromatic carbocycles. The van der Waals surface area contributed by atoms with Gasteiger partial charge in [0.15, 0.2) is 0 Å². The van der Waals surface area contributed by atoms with Crippen LogP contribution in [-0.4, -0.2) is 48.1 Å². The topological polar surface area (TPSA) is 49.9 Å². The normalized spacial score (nSPS) is 21.4. The second-order valence-corrected chi connectivity index (χ2v) is 9.67. The summed E-state index contributed by atoms with van der Waals surface area (Å²) in [4.78, 5) is 2.57. The molecule has 21 heavy (non-hydrogen) atoms. The molecule has 3 rings (SSSR count). The highest BCUT2D eigenvalue weighted by Crippen LogP contribution is 2.29. The van der Waals surface area contributed by atoms with Gasteiger partial charge in [0.2, 0.25) is 10.0 Å². The van der Waals surface area contributed by atoms with Gasteiger partial charge in [-0.3, -0.25) is 0 Å². The molecule has 0 unspecified atom stereocenters. The second-order valence-electron chi connectivity index (χ2n) is 4.56. The molecule has 2 aliphatic heterocycles. The van der Waals surface area contributed by atoms with Crippen molar-refractivity contribution >= 4 is 51.0 Å². The van der Waals surface area contributed by atoms with E-state index in [1.165, 1.54) is 16.1 Å².